The zero-order chi connectivity index (χ0) is 15.8. The van der Waals surface area contributed by atoms with Crippen LogP contribution < -0.4 is 10.2 Å². The molecule has 3 nitrogen and oxygen atoms in total. The Morgan fingerprint density at radius 2 is 1.73 bits per heavy atom. The van der Waals surface area contributed by atoms with E-state index in [-0.39, 0.29) is 5.91 Å². The largest absolute Gasteiger partial charge is 0.378 e. The molecule has 0 aliphatic rings. The highest BCUT2D eigenvalue weighted by molar-refractivity contribution is 5.78. The number of nitrogens with zero attached hydrogens (tertiary/aromatic N) is 1. The van der Waals surface area contributed by atoms with Crippen molar-refractivity contribution in [1.29, 1.82) is 0 Å². The first-order chi connectivity index (χ1) is 10.6. The van der Waals surface area contributed by atoms with Gasteiger partial charge in [-0.3, -0.25) is 4.79 Å². The molecule has 0 atom stereocenters. The van der Waals surface area contributed by atoms with E-state index in [1.54, 1.807) is 0 Å². The molecule has 2 aromatic rings. The Morgan fingerprint density at radius 3 is 2.36 bits per heavy atom. The minimum Gasteiger partial charge on any atom is -0.378 e. The fourth-order valence-corrected chi connectivity index (χ4v) is 1.98. The number of hydrogen-bond donors (Lipinski definition) is 1. The molecule has 0 heterocycles. The molecule has 0 unspecified atom stereocenters. The van der Waals surface area contributed by atoms with Gasteiger partial charge in [0.2, 0.25) is 5.91 Å². The van der Waals surface area contributed by atoms with E-state index < -0.39 is 0 Å². The van der Waals surface area contributed by atoms with Crippen LogP contribution in [0, 0.1) is 11.8 Å². The Hall–Kier alpha value is -2.73. The molecule has 0 aromatic heterocycles. The van der Waals surface area contributed by atoms with Crippen LogP contribution in [0.3, 0.4) is 0 Å². The summed E-state index contributed by atoms with van der Waals surface area (Å²) >= 11 is 0. The molecular weight excluding hydrogens is 272 g/mol. The van der Waals surface area contributed by atoms with Gasteiger partial charge in [0.1, 0.15) is 0 Å². The molecule has 112 valence electrons. The molecule has 1 N–H and O–H groups in total. The van der Waals surface area contributed by atoms with Gasteiger partial charge >= 0.3 is 0 Å². The van der Waals surface area contributed by atoms with E-state index in [2.05, 4.69) is 17.2 Å². The third-order valence-corrected chi connectivity index (χ3v) is 3.20. The van der Waals surface area contributed by atoms with E-state index in [0.29, 0.717) is 13.0 Å². The van der Waals surface area contributed by atoms with Crippen molar-refractivity contribution in [1.82, 2.24) is 5.32 Å². The summed E-state index contributed by atoms with van der Waals surface area (Å²) < 4.78 is 0. The Bertz CT molecular complexity index is 664. The first-order valence-corrected chi connectivity index (χ1v) is 7.22. The van der Waals surface area contributed by atoms with Gasteiger partial charge in [-0.15, -0.1) is 0 Å². The topological polar surface area (TPSA) is 32.3 Å². The number of rotatable bonds is 4. The highest BCUT2D eigenvalue weighted by Crippen LogP contribution is 2.11. The molecule has 2 aromatic carbocycles. The number of nitrogens with one attached hydrogen (secondary N) is 1. The zero-order valence-electron chi connectivity index (χ0n) is 13.0. The quantitative estimate of drug-likeness (QED) is 0.878. The molecule has 1 amide bonds. The summed E-state index contributed by atoms with van der Waals surface area (Å²) in [6.07, 6.45) is 0.389. The normalized spacial score (nSPS) is 9.55. The third-order valence-electron chi connectivity index (χ3n) is 3.20. The van der Waals surface area contributed by atoms with E-state index >= 15 is 0 Å². The van der Waals surface area contributed by atoms with Crippen molar-refractivity contribution in [3.63, 3.8) is 0 Å². The lowest BCUT2D eigenvalue weighted by molar-refractivity contribution is -0.120. The molecule has 22 heavy (non-hydrogen) atoms. The average molecular weight is 292 g/mol. The van der Waals surface area contributed by atoms with Crippen LogP contribution in [0.5, 0.6) is 0 Å². The van der Waals surface area contributed by atoms with Gasteiger partial charge in [-0.2, -0.15) is 0 Å². The molecule has 0 spiro atoms. The minimum atomic E-state index is -0.0107. The van der Waals surface area contributed by atoms with Crippen molar-refractivity contribution in [2.75, 3.05) is 25.5 Å². The summed E-state index contributed by atoms with van der Waals surface area (Å²) in [4.78, 5) is 13.8. The monoisotopic (exact) mass is 292 g/mol. The lowest BCUT2D eigenvalue weighted by Gasteiger charge is -2.11. The molecule has 0 fully saturated rings. The number of hydrogen-bond acceptors (Lipinski definition) is 2. The van der Waals surface area contributed by atoms with Gasteiger partial charge in [0.05, 0.1) is 13.0 Å². The maximum atomic E-state index is 11.8. The first kappa shape index (κ1) is 15.7. The Balaban J connectivity index is 1.80. The van der Waals surface area contributed by atoms with Crippen molar-refractivity contribution in [3.05, 3.63) is 65.7 Å². The maximum absolute atomic E-state index is 11.8. The van der Waals surface area contributed by atoms with Crippen molar-refractivity contribution < 1.29 is 4.79 Å². The Morgan fingerprint density at radius 1 is 1.05 bits per heavy atom. The summed E-state index contributed by atoms with van der Waals surface area (Å²) in [5, 5.41) is 2.81. The molecule has 3 heteroatoms. The predicted octanol–water partition coefficient (Wildman–Crippen LogP) is 2.46. The van der Waals surface area contributed by atoms with Crippen molar-refractivity contribution in [2.24, 2.45) is 0 Å². The van der Waals surface area contributed by atoms with Gasteiger partial charge in [0.25, 0.3) is 0 Å². The van der Waals surface area contributed by atoms with Gasteiger partial charge in [-0.05, 0) is 29.8 Å². The summed E-state index contributed by atoms with van der Waals surface area (Å²) in [7, 11) is 4.01. The lowest BCUT2D eigenvalue weighted by atomic mass is 10.1. The summed E-state index contributed by atoms with van der Waals surface area (Å²) in [6, 6.07) is 17.7. The van der Waals surface area contributed by atoms with Gasteiger partial charge in [-0.25, -0.2) is 0 Å². The summed E-state index contributed by atoms with van der Waals surface area (Å²) in [6.45, 7) is 0.362. The van der Waals surface area contributed by atoms with Crippen LogP contribution >= 0.6 is 0 Å². The molecule has 0 aliphatic carbocycles. The molecule has 0 aliphatic heterocycles. The van der Waals surface area contributed by atoms with Crippen LogP contribution in [0.25, 0.3) is 0 Å². The van der Waals surface area contributed by atoms with Gasteiger partial charge in [0.15, 0.2) is 0 Å². The van der Waals surface area contributed by atoms with Crippen LogP contribution in [0.15, 0.2) is 54.6 Å². The number of benzene rings is 2. The van der Waals surface area contributed by atoms with Crippen LogP contribution in [-0.4, -0.2) is 26.5 Å². The molecule has 0 radical (unpaired) electrons. The lowest BCUT2D eigenvalue weighted by Crippen LogP contribution is -2.25. The maximum Gasteiger partial charge on any atom is 0.225 e. The van der Waals surface area contributed by atoms with Gasteiger partial charge in [-0.1, -0.05) is 42.2 Å². The third kappa shape index (κ3) is 4.99. The number of carbonyl (C=O) groups is 1. The highest BCUT2D eigenvalue weighted by Gasteiger charge is 2.00. The smallest absolute Gasteiger partial charge is 0.225 e. The fraction of sp³-hybridized carbons (Fsp3) is 0.211. The average Bonchev–Trinajstić information content (AvgIpc) is 2.53. The van der Waals surface area contributed by atoms with Crippen molar-refractivity contribution >= 4 is 11.6 Å². The standard InChI is InChI=1S/C19H20N2O/c1-21(2)18-12-10-16(11-13-18)9-6-14-20-19(22)15-17-7-4-3-5-8-17/h3-5,7-8,10-13H,14-15H2,1-2H3,(H,20,22). The zero-order valence-corrected chi connectivity index (χ0v) is 13.0. The summed E-state index contributed by atoms with van der Waals surface area (Å²) in [5.74, 6) is 6.01. The Labute approximate surface area is 132 Å². The number of anilines is 1. The van der Waals surface area contributed by atoms with Crippen LogP contribution in [0.4, 0.5) is 5.69 Å². The molecule has 0 saturated heterocycles. The molecule has 0 bridgehead atoms. The second-order valence-corrected chi connectivity index (χ2v) is 5.18. The van der Waals surface area contributed by atoms with Crippen molar-refractivity contribution in [3.8, 4) is 11.8 Å². The summed E-state index contributed by atoms with van der Waals surface area (Å²) in [5.41, 5.74) is 3.09. The van der Waals surface area contributed by atoms with Crippen molar-refractivity contribution in [2.45, 2.75) is 6.42 Å². The van der Waals surface area contributed by atoms with Crippen LogP contribution in [-0.2, 0) is 11.2 Å². The SMILES string of the molecule is CN(C)c1ccc(C#CCNC(=O)Cc2ccccc2)cc1. The van der Waals surface area contributed by atoms with E-state index in [0.717, 1.165) is 16.8 Å². The molecular formula is C19H20N2O. The second-order valence-electron chi connectivity index (χ2n) is 5.18. The number of carbonyl (C=O) groups excluding carboxylic acids is 1. The second kappa shape index (κ2) is 7.90. The van der Waals surface area contributed by atoms with Gasteiger partial charge < -0.3 is 10.2 Å². The Kier molecular flexibility index (Phi) is 5.62. The first-order valence-electron chi connectivity index (χ1n) is 7.22. The van der Waals surface area contributed by atoms with Crippen LogP contribution in [0.1, 0.15) is 11.1 Å². The number of amides is 1. The minimum absolute atomic E-state index is 0.0107. The van der Waals surface area contributed by atoms with E-state index in [9.17, 15) is 4.79 Å². The van der Waals surface area contributed by atoms with E-state index in [1.807, 2.05) is 73.6 Å². The fourth-order valence-electron chi connectivity index (χ4n) is 1.98. The van der Waals surface area contributed by atoms with Crippen LogP contribution in [0.2, 0.25) is 0 Å². The highest BCUT2D eigenvalue weighted by atomic mass is 16.1. The molecule has 0 saturated carbocycles. The van der Waals surface area contributed by atoms with E-state index in [1.165, 1.54) is 0 Å². The van der Waals surface area contributed by atoms with Gasteiger partial charge in [0, 0.05) is 25.3 Å². The predicted molar refractivity (Wildman–Crippen MR) is 90.8 cm³/mol. The van der Waals surface area contributed by atoms with E-state index in [4.69, 9.17) is 0 Å². The molecule has 2 rings (SSSR count).